The molecule has 4 nitrogen and oxygen atoms in total. The fourth-order valence-corrected chi connectivity index (χ4v) is 2.59. The number of hydrogen-bond donors (Lipinski definition) is 3. The summed E-state index contributed by atoms with van der Waals surface area (Å²) in [5.41, 5.74) is 6.23. The molecule has 0 spiro atoms. The highest BCUT2D eigenvalue weighted by molar-refractivity contribution is 5.42. The van der Waals surface area contributed by atoms with E-state index >= 15 is 0 Å². The molecule has 4 N–H and O–H groups in total. The van der Waals surface area contributed by atoms with E-state index in [1.54, 1.807) is 6.33 Å². The maximum Gasteiger partial charge on any atom is 0.239 e. The number of aryl methyl sites for hydroxylation is 6. The van der Waals surface area contributed by atoms with E-state index in [1.165, 1.54) is 11.1 Å². The van der Waals surface area contributed by atoms with Gasteiger partial charge in [0, 0.05) is 0 Å². The molecule has 3 rings (SSSR count). The molecule has 1 heterocycles. The quantitative estimate of drug-likeness (QED) is 0.556. The van der Waals surface area contributed by atoms with Crippen molar-refractivity contribution in [3.05, 3.63) is 76.4 Å². The fraction of sp³-hybridized carbons (Fsp3) is 0.286. The topological polar surface area (TPSA) is 70.4 Å². The molecule has 0 saturated carbocycles. The molecule has 2 aromatic carbocycles. The third-order valence-electron chi connectivity index (χ3n) is 3.71. The smallest absolute Gasteiger partial charge is 0.239 e. The summed E-state index contributed by atoms with van der Waals surface area (Å²) < 4.78 is 0. The number of H-pyrrole nitrogens is 2. The van der Waals surface area contributed by atoms with Crippen molar-refractivity contribution in [2.75, 3.05) is 0 Å². The third-order valence-corrected chi connectivity index (χ3v) is 3.71. The summed E-state index contributed by atoms with van der Waals surface area (Å²) in [4.78, 5) is 5.61. The van der Waals surface area contributed by atoms with E-state index in [2.05, 4.69) is 9.97 Å². The maximum atomic E-state index is 9.33. The van der Waals surface area contributed by atoms with Crippen LogP contribution in [0, 0.1) is 41.5 Å². The maximum absolute atomic E-state index is 9.33. The number of phenolic OH excluding ortho intramolecular Hbond substituents is 2. The number of benzene rings is 2. The van der Waals surface area contributed by atoms with Gasteiger partial charge in [0.15, 0.2) is 0 Å². The Morgan fingerprint density at radius 1 is 0.692 bits per heavy atom. The number of aromatic amines is 2. The number of imidazole rings is 1. The van der Waals surface area contributed by atoms with Gasteiger partial charge in [-0.3, -0.25) is 9.97 Å². The van der Waals surface area contributed by atoms with Gasteiger partial charge >= 0.3 is 0 Å². The van der Waals surface area contributed by atoms with E-state index in [1.807, 2.05) is 78.2 Å². The summed E-state index contributed by atoms with van der Waals surface area (Å²) in [5.74, 6) is 0.844. The summed E-state index contributed by atoms with van der Waals surface area (Å²) in [6.45, 7) is 11.7. The van der Waals surface area contributed by atoms with Gasteiger partial charge in [0.05, 0.1) is 0 Å². The molecule has 0 aliphatic rings. The molecule has 0 unspecified atom stereocenters. The largest absolute Gasteiger partial charge is 1.00 e. The van der Waals surface area contributed by atoms with Crippen LogP contribution < -0.4 is 17.4 Å². The highest BCUT2D eigenvalue weighted by atomic mass is 35.5. The van der Waals surface area contributed by atoms with Crippen molar-refractivity contribution in [3.63, 3.8) is 0 Å². The Labute approximate surface area is 162 Å². The minimum Gasteiger partial charge on any atom is -1.00 e. The second kappa shape index (κ2) is 11.2. The summed E-state index contributed by atoms with van der Waals surface area (Å²) in [7, 11) is 0. The Balaban J connectivity index is 0.000000372. The molecule has 0 radical (unpaired) electrons. The highest BCUT2D eigenvalue weighted by Crippen LogP contribution is 2.22. The Morgan fingerprint density at radius 3 is 1.23 bits per heavy atom. The molecular formula is C21H29ClN2O2. The molecule has 0 atom stereocenters. The molecule has 0 fully saturated rings. The summed E-state index contributed by atoms with van der Waals surface area (Å²) >= 11 is 0. The van der Waals surface area contributed by atoms with Gasteiger partial charge in [-0.05, 0) is 63.8 Å². The number of halogens is 1. The van der Waals surface area contributed by atoms with Crippen LogP contribution in [0.2, 0.25) is 0 Å². The Morgan fingerprint density at radius 2 is 1.04 bits per heavy atom. The summed E-state index contributed by atoms with van der Waals surface area (Å²) in [6.07, 6.45) is 5.39. The van der Waals surface area contributed by atoms with Crippen LogP contribution in [-0.2, 0) is 0 Å². The number of hydrogen-bond acceptors (Lipinski definition) is 2. The molecular weight excluding hydrogens is 348 g/mol. The number of phenols is 2. The number of rotatable bonds is 0. The molecule has 1 aromatic heterocycles. The predicted octanol–water partition coefficient (Wildman–Crippen LogP) is 1.47. The van der Waals surface area contributed by atoms with Crippen molar-refractivity contribution in [3.8, 4) is 11.5 Å². The molecule has 5 heteroatoms. The molecule has 0 aliphatic carbocycles. The zero-order valence-corrected chi connectivity index (χ0v) is 17.1. The van der Waals surface area contributed by atoms with Crippen molar-refractivity contribution in [1.82, 2.24) is 4.98 Å². The van der Waals surface area contributed by atoms with Gasteiger partial charge < -0.3 is 22.6 Å². The fourth-order valence-electron chi connectivity index (χ4n) is 2.59. The van der Waals surface area contributed by atoms with Crippen molar-refractivity contribution in [1.29, 1.82) is 0 Å². The van der Waals surface area contributed by atoms with Crippen LogP contribution in [-0.4, -0.2) is 15.2 Å². The van der Waals surface area contributed by atoms with E-state index in [0.717, 1.165) is 22.3 Å². The van der Waals surface area contributed by atoms with Crippen LogP contribution in [0.5, 0.6) is 11.5 Å². The van der Waals surface area contributed by atoms with Gasteiger partial charge in [-0.25, -0.2) is 0 Å². The Hall–Kier alpha value is -2.46. The second-order valence-corrected chi connectivity index (χ2v) is 6.31. The van der Waals surface area contributed by atoms with Crippen molar-refractivity contribution in [2.24, 2.45) is 0 Å². The van der Waals surface area contributed by atoms with Crippen molar-refractivity contribution < 1.29 is 27.6 Å². The lowest BCUT2D eigenvalue weighted by atomic mass is 10.1. The van der Waals surface area contributed by atoms with Crippen molar-refractivity contribution in [2.45, 2.75) is 41.5 Å². The normalized spacial score (nSPS) is 9.15. The van der Waals surface area contributed by atoms with Gasteiger partial charge in [0.1, 0.15) is 23.9 Å². The second-order valence-electron chi connectivity index (χ2n) is 6.31. The number of aromatic hydroxyl groups is 2. The average Bonchev–Trinajstić information content (AvgIpc) is 3.10. The van der Waals surface area contributed by atoms with E-state index in [4.69, 9.17) is 0 Å². The molecule has 0 bridgehead atoms. The molecule has 142 valence electrons. The van der Waals surface area contributed by atoms with Gasteiger partial charge in [0.2, 0.25) is 6.33 Å². The lowest BCUT2D eigenvalue weighted by molar-refractivity contribution is -0.375. The minimum absolute atomic E-state index is 0. The summed E-state index contributed by atoms with van der Waals surface area (Å²) in [5, 5.41) is 18.7. The predicted molar refractivity (Wildman–Crippen MR) is 102 cm³/mol. The molecule has 0 saturated heterocycles. The van der Waals surface area contributed by atoms with Crippen LogP contribution >= 0.6 is 0 Å². The SMILES string of the molecule is Cc1cc(C)c(O)c(C)c1.Cc1cc(C)c(O)c(C)c1.[Cl-].c1c[nH+]c[nH]1. The van der Waals surface area contributed by atoms with E-state index in [9.17, 15) is 10.2 Å². The van der Waals surface area contributed by atoms with Crippen LogP contribution in [0.15, 0.2) is 43.0 Å². The van der Waals surface area contributed by atoms with Gasteiger partial charge in [-0.1, -0.05) is 35.4 Å². The third kappa shape index (κ3) is 7.62. The average molecular weight is 377 g/mol. The van der Waals surface area contributed by atoms with E-state index < -0.39 is 0 Å². The summed E-state index contributed by atoms with van der Waals surface area (Å²) in [6, 6.07) is 7.90. The van der Waals surface area contributed by atoms with Crippen LogP contribution in [0.3, 0.4) is 0 Å². The van der Waals surface area contributed by atoms with Crippen molar-refractivity contribution >= 4 is 0 Å². The first-order chi connectivity index (χ1) is 11.7. The van der Waals surface area contributed by atoms with Crippen LogP contribution in [0.1, 0.15) is 33.4 Å². The standard InChI is InChI=1S/2C9H12O.C3H4N2.ClH/c2*1-6-4-7(2)9(10)8(3)5-6;1-2-5-3-4-1;/h2*4-5,10H,1-3H3;1-3H,(H,4,5);1H. The Bertz CT molecular complexity index is 681. The number of nitrogens with one attached hydrogen (secondary N) is 2. The Kier molecular flexibility index (Phi) is 10.2. The minimum atomic E-state index is 0. The number of aromatic nitrogens is 2. The molecule has 0 aliphatic heterocycles. The zero-order valence-electron chi connectivity index (χ0n) is 16.3. The van der Waals surface area contributed by atoms with Gasteiger partial charge in [-0.2, -0.15) is 0 Å². The van der Waals surface area contributed by atoms with Crippen LogP contribution in [0.4, 0.5) is 0 Å². The molecule has 26 heavy (non-hydrogen) atoms. The first-order valence-electron chi connectivity index (χ1n) is 8.24. The monoisotopic (exact) mass is 376 g/mol. The first-order valence-corrected chi connectivity index (χ1v) is 8.24. The highest BCUT2D eigenvalue weighted by Gasteiger charge is 1.99. The van der Waals surface area contributed by atoms with Crippen LogP contribution in [0.25, 0.3) is 0 Å². The van der Waals surface area contributed by atoms with Gasteiger partial charge in [-0.15, -0.1) is 0 Å². The van der Waals surface area contributed by atoms with E-state index in [0.29, 0.717) is 11.5 Å². The molecule has 0 amide bonds. The molecule has 3 aromatic rings. The lowest BCUT2D eigenvalue weighted by Crippen LogP contribution is -3.00. The first kappa shape index (κ1) is 23.5. The lowest BCUT2D eigenvalue weighted by Gasteiger charge is -2.03. The zero-order chi connectivity index (χ0) is 19.0. The van der Waals surface area contributed by atoms with Gasteiger partial charge in [0.25, 0.3) is 0 Å². The van der Waals surface area contributed by atoms with E-state index in [-0.39, 0.29) is 12.4 Å².